The fraction of sp³-hybridized carbons (Fsp3) is 0.200. The number of hydrogen-bond donors (Lipinski definition) is 1. The lowest BCUT2D eigenvalue weighted by molar-refractivity contribution is 0.0994. The van der Waals surface area contributed by atoms with Gasteiger partial charge >= 0.3 is 0 Å². The number of benzene rings is 1. The van der Waals surface area contributed by atoms with Crippen LogP contribution in [0, 0.1) is 6.92 Å². The summed E-state index contributed by atoms with van der Waals surface area (Å²) in [4.78, 5) is 11.0. The highest BCUT2D eigenvalue weighted by Crippen LogP contribution is 2.17. The van der Waals surface area contributed by atoms with E-state index < -0.39 is 5.91 Å². The molecular weight excluding hydrogens is 252 g/mol. The molecular formula is C15H16N4O. The number of aromatic nitrogens is 3. The third-order valence-corrected chi connectivity index (χ3v) is 3.39. The van der Waals surface area contributed by atoms with E-state index >= 15 is 0 Å². The molecule has 2 aromatic heterocycles. The number of primary amides is 1. The van der Waals surface area contributed by atoms with Gasteiger partial charge in [-0.2, -0.15) is 5.10 Å². The Hall–Kier alpha value is -2.56. The Bertz CT molecular complexity index is 769. The van der Waals surface area contributed by atoms with Crippen LogP contribution in [0.3, 0.4) is 0 Å². The maximum Gasteiger partial charge on any atom is 0.269 e. The van der Waals surface area contributed by atoms with Crippen LogP contribution in [-0.4, -0.2) is 20.3 Å². The van der Waals surface area contributed by atoms with Crippen molar-refractivity contribution in [1.82, 2.24) is 14.3 Å². The van der Waals surface area contributed by atoms with Gasteiger partial charge in [-0.05, 0) is 36.6 Å². The van der Waals surface area contributed by atoms with Gasteiger partial charge in [-0.3, -0.25) is 9.48 Å². The van der Waals surface area contributed by atoms with Crippen molar-refractivity contribution in [2.45, 2.75) is 20.0 Å². The van der Waals surface area contributed by atoms with E-state index in [4.69, 9.17) is 5.73 Å². The van der Waals surface area contributed by atoms with E-state index in [1.54, 1.807) is 16.9 Å². The van der Waals surface area contributed by atoms with Crippen LogP contribution in [0.2, 0.25) is 0 Å². The topological polar surface area (TPSA) is 65.8 Å². The van der Waals surface area contributed by atoms with Crippen LogP contribution in [0.4, 0.5) is 0 Å². The van der Waals surface area contributed by atoms with Crippen LogP contribution in [0.1, 0.15) is 16.1 Å². The molecule has 0 atom stereocenters. The van der Waals surface area contributed by atoms with E-state index in [1.165, 1.54) is 16.5 Å². The summed E-state index contributed by atoms with van der Waals surface area (Å²) in [7, 11) is 0. The molecule has 0 unspecified atom stereocenters. The second-order valence-electron chi connectivity index (χ2n) is 4.90. The van der Waals surface area contributed by atoms with Crippen molar-refractivity contribution in [2.24, 2.45) is 5.73 Å². The first-order valence-corrected chi connectivity index (χ1v) is 6.52. The summed E-state index contributed by atoms with van der Waals surface area (Å²) < 4.78 is 3.92. The van der Waals surface area contributed by atoms with Gasteiger partial charge < -0.3 is 10.3 Å². The van der Waals surface area contributed by atoms with Crippen molar-refractivity contribution in [1.29, 1.82) is 0 Å². The normalized spacial score (nSPS) is 11.1. The molecule has 5 nitrogen and oxygen atoms in total. The summed E-state index contributed by atoms with van der Waals surface area (Å²) in [5, 5.41) is 5.37. The number of nitrogens with zero attached hydrogens (tertiary/aromatic N) is 3. The molecule has 0 saturated carbocycles. The number of carbonyl (C=O) groups excluding carboxylic acids is 1. The Balaban J connectivity index is 1.77. The van der Waals surface area contributed by atoms with Crippen LogP contribution in [0.5, 0.6) is 0 Å². The van der Waals surface area contributed by atoms with Gasteiger partial charge in [0, 0.05) is 24.5 Å². The quantitative estimate of drug-likeness (QED) is 0.786. The average molecular weight is 268 g/mol. The molecule has 2 heterocycles. The first kappa shape index (κ1) is 12.5. The minimum atomic E-state index is -0.495. The van der Waals surface area contributed by atoms with Crippen LogP contribution in [0.25, 0.3) is 10.9 Å². The maximum absolute atomic E-state index is 11.0. The zero-order chi connectivity index (χ0) is 14.1. The molecule has 2 N–H and O–H groups in total. The number of nitrogens with two attached hydrogens (primary N) is 1. The molecule has 0 radical (unpaired) electrons. The Kier molecular flexibility index (Phi) is 3.02. The molecule has 0 aliphatic heterocycles. The van der Waals surface area contributed by atoms with Gasteiger partial charge in [-0.1, -0.05) is 11.6 Å². The summed E-state index contributed by atoms with van der Waals surface area (Å²) in [6.07, 6.45) is 3.85. The van der Waals surface area contributed by atoms with E-state index in [-0.39, 0.29) is 0 Å². The Labute approximate surface area is 116 Å². The first-order valence-electron chi connectivity index (χ1n) is 6.52. The molecule has 0 saturated heterocycles. The monoisotopic (exact) mass is 268 g/mol. The summed E-state index contributed by atoms with van der Waals surface area (Å²) in [6.45, 7) is 3.59. The highest BCUT2D eigenvalue weighted by molar-refractivity contribution is 5.90. The zero-order valence-electron chi connectivity index (χ0n) is 11.3. The molecule has 1 aromatic carbocycles. The van der Waals surface area contributed by atoms with E-state index in [0.717, 1.165) is 6.54 Å². The number of rotatable bonds is 4. The van der Waals surface area contributed by atoms with Crippen LogP contribution < -0.4 is 5.73 Å². The van der Waals surface area contributed by atoms with Crippen molar-refractivity contribution in [3.63, 3.8) is 0 Å². The molecule has 0 bridgehead atoms. The number of fused-ring (bicyclic) bond motifs is 1. The Morgan fingerprint density at radius 1 is 1.20 bits per heavy atom. The minimum Gasteiger partial charge on any atom is -0.364 e. The largest absolute Gasteiger partial charge is 0.364 e. The van der Waals surface area contributed by atoms with Gasteiger partial charge in [0.25, 0.3) is 5.91 Å². The standard InChI is InChI=1S/C15H16N4O/c1-11-2-3-14-12(10-11)4-6-18(14)8-9-19-7-5-13(17-19)15(16)20/h2-7,10H,8-9H2,1H3,(H2,16,20). The smallest absolute Gasteiger partial charge is 0.269 e. The SMILES string of the molecule is Cc1ccc2c(ccn2CCn2ccc(C(N)=O)n2)c1. The van der Waals surface area contributed by atoms with Gasteiger partial charge in [-0.25, -0.2) is 0 Å². The predicted octanol–water partition coefficient (Wildman–Crippen LogP) is 1.95. The molecule has 102 valence electrons. The molecule has 5 heteroatoms. The average Bonchev–Trinajstić information content (AvgIpc) is 3.02. The highest BCUT2D eigenvalue weighted by atomic mass is 16.1. The summed E-state index contributed by atoms with van der Waals surface area (Å²) in [5.41, 5.74) is 7.95. The lowest BCUT2D eigenvalue weighted by atomic mass is 10.2. The molecule has 3 rings (SSSR count). The van der Waals surface area contributed by atoms with Crippen molar-refractivity contribution in [3.8, 4) is 0 Å². The Morgan fingerprint density at radius 3 is 2.80 bits per heavy atom. The van der Waals surface area contributed by atoms with E-state index in [2.05, 4.69) is 47.1 Å². The van der Waals surface area contributed by atoms with Crippen LogP contribution >= 0.6 is 0 Å². The van der Waals surface area contributed by atoms with E-state index in [9.17, 15) is 4.79 Å². The second-order valence-corrected chi connectivity index (χ2v) is 4.90. The summed E-state index contributed by atoms with van der Waals surface area (Å²) >= 11 is 0. The van der Waals surface area contributed by atoms with Crippen molar-refractivity contribution < 1.29 is 4.79 Å². The third-order valence-electron chi connectivity index (χ3n) is 3.39. The number of aryl methyl sites for hydroxylation is 3. The molecule has 0 fully saturated rings. The first-order chi connectivity index (χ1) is 9.63. The van der Waals surface area contributed by atoms with Gasteiger partial charge in [0.15, 0.2) is 0 Å². The second kappa shape index (κ2) is 4.85. The number of hydrogen-bond acceptors (Lipinski definition) is 2. The van der Waals surface area contributed by atoms with Crippen molar-refractivity contribution >= 4 is 16.8 Å². The lowest BCUT2D eigenvalue weighted by Gasteiger charge is -2.06. The molecule has 0 aliphatic carbocycles. The molecule has 3 aromatic rings. The fourth-order valence-corrected chi connectivity index (χ4v) is 2.34. The maximum atomic E-state index is 11.0. The molecule has 1 amide bonds. The zero-order valence-corrected chi connectivity index (χ0v) is 11.3. The van der Waals surface area contributed by atoms with Gasteiger partial charge in [0.05, 0.1) is 6.54 Å². The van der Waals surface area contributed by atoms with Gasteiger partial charge in [0.2, 0.25) is 0 Å². The minimum absolute atomic E-state index is 0.304. The summed E-state index contributed by atoms with van der Waals surface area (Å²) in [6, 6.07) is 10.2. The summed E-state index contributed by atoms with van der Waals surface area (Å²) in [5.74, 6) is -0.495. The molecule has 20 heavy (non-hydrogen) atoms. The predicted molar refractivity (Wildman–Crippen MR) is 77.4 cm³/mol. The van der Waals surface area contributed by atoms with Crippen molar-refractivity contribution in [2.75, 3.05) is 0 Å². The fourth-order valence-electron chi connectivity index (χ4n) is 2.34. The van der Waals surface area contributed by atoms with E-state index in [1.807, 2.05) is 0 Å². The Morgan fingerprint density at radius 2 is 2.05 bits per heavy atom. The highest BCUT2D eigenvalue weighted by Gasteiger charge is 2.05. The van der Waals surface area contributed by atoms with Gasteiger partial charge in [-0.15, -0.1) is 0 Å². The third kappa shape index (κ3) is 2.30. The molecule has 0 spiro atoms. The van der Waals surface area contributed by atoms with Crippen molar-refractivity contribution in [3.05, 3.63) is 54.0 Å². The number of carbonyl (C=O) groups is 1. The van der Waals surface area contributed by atoms with Gasteiger partial charge in [0.1, 0.15) is 5.69 Å². The van der Waals surface area contributed by atoms with E-state index in [0.29, 0.717) is 12.2 Å². The number of amides is 1. The van der Waals surface area contributed by atoms with Crippen LogP contribution in [0.15, 0.2) is 42.7 Å². The van der Waals surface area contributed by atoms with Crippen LogP contribution in [-0.2, 0) is 13.1 Å². The molecule has 0 aliphatic rings. The lowest BCUT2D eigenvalue weighted by Crippen LogP contribution is -2.13.